The summed E-state index contributed by atoms with van der Waals surface area (Å²) in [4.78, 5) is 30.0. The molecule has 1 fully saturated rings. The van der Waals surface area contributed by atoms with Crippen LogP contribution in [0, 0.1) is 5.82 Å². The van der Waals surface area contributed by atoms with Crippen molar-refractivity contribution in [3.05, 3.63) is 59.9 Å². The summed E-state index contributed by atoms with van der Waals surface area (Å²) in [6.45, 7) is 0. The van der Waals surface area contributed by atoms with Gasteiger partial charge in [0, 0.05) is 13.5 Å². The normalized spacial score (nSPS) is 18.8. The molecule has 1 atom stereocenters. The molecular weight excluding hydrogens is 410 g/mol. The van der Waals surface area contributed by atoms with Crippen LogP contribution in [0.5, 0.6) is 0 Å². The van der Waals surface area contributed by atoms with E-state index >= 15 is 0 Å². The van der Waals surface area contributed by atoms with Crippen LogP contribution in [0.1, 0.15) is 12.0 Å². The number of halogens is 4. The second kappa shape index (κ2) is 8.24. The zero-order valence-corrected chi connectivity index (χ0v) is 15.9. The van der Waals surface area contributed by atoms with Crippen molar-refractivity contribution < 1.29 is 27.2 Å². The van der Waals surface area contributed by atoms with Gasteiger partial charge in [0.15, 0.2) is 5.17 Å². The first-order valence-electron chi connectivity index (χ1n) is 8.39. The third kappa shape index (κ3) is 4.94. The van der Waals surface area contributed by atoms with Crippen molar-refractivity contribution in [1.29, 1.82) is 0 Å². The lowest BCUT2D eigenvalue weighted by Crippen LogP contribution is -2.43. The molecule has 1 saturated heterocycles. The topological polar surface area (TPSA) is 61.8 Å². The number of alkyl halides is 3. The van der Waals surface area contributed by atoms with E-state index in [0.717, 1.165) is 23.9 Å². The minimum absolute atomic E-state index is 0.00265. The van der Waals surface area contributed by atoms with E-state index in [0.29, 0.717) is 0 Å². The van der Waals surface area contributed by atoms with Gasteiger partial charge in [-0.1, -0.05) is 30.0 Å². The average molecular weight is 425 g/mol. The van der Waals surface area contributed by atoms with E-state index in [2.05, 4.69) is 10.3 Å². The summed E-state index contributed by atoms with van der Waals surface area (Å²) in [5.74, 6) is -1.65. The largest absolute Gasteiger partial charge is 0.416 e. The molecule has 5 nitrogen and oxygen atoms in total. The fraction of sp³-hybridized carbons (Fsp3) is 0.211. The Morgan fingerprint density at radius 3 is 2.62 bits per heavy atom. The van der Waals surface area contributed by atoms with Gasteiger partial charge in [-0.05, 0) is 30.3 Å². The summed E-state index contributed by atoms with van der Waals surface area (Å²) in [6.07, 6.45) is -4.68. The van der Waals surface area contributed by atoms with E-state index in [1.807, 2.05) is 0 Å². The van der Waals surface area contributed by atoms with E-state index in [4.69, 9.17) is 0 Å². The zero-order valence-electron chi connectivity index (χ0n) is 15.0. The molecule has 1 heterocycles. The molecule has 2 amide bonds. The van der Waals surface area contributed by atoms with Crippen LogP contribution in [0.4, 0.5) is 28.9 Å². The lowest BCUT2D eigenvalue weighted by molar-refractivity contribution is -0.137. The molecule has 0 bridgehead atoms. The first-order valence-corrected chi connectivity index (χ1v) is 9.27. The number of hydrogen-bond acceptors (Lipinski definition) is 4. The highest BCUT2D eigenvalue weighted by molar-refractivity contribution is 8.15. The molecular formula is C19H15F4N3O2S. The summed E-state index contributed by atoms with van der Waals surface area (Å²) < 4.78 is 52.4. The Labute approximate surface area is 167 Å². The summed E-state index contributed by atoms with van der Waals surface area (Å²) in [5.41, 5.74) is -0.902. The number of amidine groups is 1. The molecule has 0 aromatic heterocycles. The Bertz CT molecular complexity index is 978. The van der Waals surface area contributed by atoms with Crippen molar-refractivity contribution in [3.63, 3.8) is 0 Å². The quantitative estimate of drug-likeness (QED) is 0.740. The third-order valence-corrected chi connectivity index (χ3v) is 5.33. The summed E-state index contributed by atoms with van der Waals surface area (Å²) in [7, 11) is 1.42. The van der Waals surface area contributed by atoms with Gasteiger partial charge in [0.1, 0.15) is 11.1 Å². The number of nitrogens with one attached hydrogen (secondary N) is 1. The van der Waals surface area contributed by atoms with Crippen LogP contribution in [-0.2, 0) is 15.8 Å². The number of carbonyl (C=O) groups excluding carboxylic acids is 2. The maximum Gasteiger partial charge on any atom is 0.416 e. The van der Waals surface area contributed by atoms with Crippen LogP contribution in [0.2, 0.25) is 0 Å². The number of benzene rings is 2. The molecule has 152 valence electrons. The number of carbonyl (C=O) groups is 2. The van der Waals surface area contributed by atoms with Crippen molar-refractivity contribution >= 4 is 40.1 Å². The fourth-order valence-corrected chi connectivity index (χ4v) is 3.60. The molecule has 1 aliphatic rings. The number of hydrogen-bond donors (Lipinski definition) is 1. The standard InChI is InChI=1S/C19H15F4N3O2S/c1-26-16(27)10-15(17(28)25-14-8-3-2-7-13(14)20)29-18(26)24-12-6-4-5-11(9-12)19(21,22)23/h2-9,15H,10H2,1H3,(H,25,28)/t15-/m0/s1. The van der Waals surface area contributed by atoms with Crippen LogP contribution in [-0.4, -0.2) is 34.2 Å². The Morgan fingerprint density at radius 1 is 1.21 bits per heavy atom. The second-order valence-corrected chi connectivity index (χ2v) is 7.34. The van der Waals surface area contributed by atoms with Gasteiger partial charge in [-0.25, -0.2) is 9.38 Å². The van der Waals surface area contributed by atoms with Crippen molar-refractivity contribution in [3.8, 4) is 0 Å². The molecule has 1 aliphatic heterocycles. The van der Waals surface area contributed by atoms with Crippen molar-refractivity contribution in [2.24, 2.45) is 4.99 Å². The molecule has 1 N–H and O–H groups in total. The molecule has 0 unspecified atom stereocenters. The van der Waals surface area contributed by atoms with Gasteiger partial charge in [-0.3, -0.25) is 14.5 Å². The Kier molecular flexibility index (Phi) is 5.92. The van der Waals surface area contributed by atoms with Crippen molar-refractivity contribution in [1.82, 2.24) is 4.90 Å². The molecule has 29 heavy (non-hydrogen) atoms. The van der Waals surface area contributed by atoms with Gasteiger partial charge < -0.3 is 5.32 Å². The fourth-order valence-electron chi connectivity index (χ4n) is 2.54. The van der Waals surface area contributed by atoms with Crippen LogP contribution in [0.15, 0.2) is 53.5 Å². The highest BCUT2D eigenvalue weighted by Crippen LogP contribution is 2.33. The predicted molar refractivity (Wildman–Crippen MR) is 102 cm³/mol. The van der Waals surface area contributed by atoms with Crippen LogP contribution in [0.3, 0.4) is 0 Å². The third-order valence-electron chi connectivity index (χ3n) is 4.09. The van der Waals surface area contributed by atoms with Crippen molar-refractivity contribution in [2.75, 3.05) is 12.4 Å². The summed E-state index contributed by atoms with van der Waals surface area (Å²) >= 11 is 0.924. The van der Waals surface area contributed by atoms with Gasteiger partial charge in [-0.2, -0.15) is 13.2 Å². The molecule has 0 radical (unpaired) electrons. The number of thioether (sulfide) groups is 1. The average Bonchev–Trinajstić information content (AvgIpc) is 2.66. The lowest BCUT2D eigenvalue weighted by Gasteiger charge is -2.28. The molecule has 10 heteroatoms. The van der Waals surface area contributed by atoms with Crippen molar-refractivity contribution in [2.45, 2.75) is 17.8 Å². The minimum Gasteiger partial charge on any atom is -0.323 e. The molecule has 0 aliphatic carbocycles. The lowest BCUT2D eigenvalue weighted by atomic mass is 10.2. The first-order chi connectivity index (χ1) is 13.6. The second-order valence-electron chi connectivity index (χ2n) is 6.17. The highest BCUT2D eigenvalue weighted by atomic mass is 32.2. The molecule has 2 aromatic rings. The first kappa shape index (κ1) is 20.8. The number of anilines is 1. The monoisotopic (exact) mass is 425 g/mol. The zero-order chi connectivity index (χ0) is 21.2. The Balaban J connectivity index is 1.83. The Hall–Kier alpha value is -2.88. The smallest absolute Gasteiger partial charge is 0.323 e. The maximum atomic E-state index is 13.7. The summed E-state index contributed by atoms with van der Waals surface area (Å²) in [6, 6.07) is 9.93. The molecule has 3 rings (SSSR count). The van der Waals surface area contributed by atoms with E-state index in [9.17, 15) is 27.2 Å². The number of aliphatic imine (C=N–C) groups is 1. The molecule has 0 spiro atoms. The van der Waals surface area contributed by atoms with Crippen LogP contribution >= 0.6 is 11.8 Å². The van der Waals surface area contributed by atoms with E-state index in [-0.39, 0.29) is 23.0 Å². The number of nitrogens with zero attached hydrogens (tertiary/aromatic N) is 2. The van der Waals surface area contributed by atoms with Gasteiger partial charge >= 0.3 is 6.18 Å². The van der Waals surface area contributed by atoms with Crippen LogP contribution in [0.25, 0.3) is 0 Å². The van der Waals surface area contributed by atoms with E-state index in [1.54, 1.807) is 6.07 Å². The molecule has 0 saturated carbocycles. The van der Waals surface area contributed by atoms with Gasteiger partial charge in [-0.15, -0.1) is 0 Å². The summed E-state index contributed by atoms with van der Waals surface area (Å²) in [5, 5.41) is 1.60. The number of para-hydroxylation sites is 1. The SMILES string of the molecule is CN1C(=O)C[C@@H](C(=O)Nc2ccccc2F)SC1=Nc1cccc(C(F)(F)F)c1. The number of amides is 2. The van der Waals surface area contributed by atoms with Gasteiger partial charge in [0.05, 0.1) is 16.9 Å². The van der Waals surface area contributed by atoms with Gasteiger partial charge in [0.2, 0.25) is 11.8 Å². The minimum atomic E-state index is -4.53. The number of rotatable bonds is 3. The predicted octanol–water partition coefficient (Wildman–Crippen LogP) is 4.43. The maximum absolute atomic E-state index is 13.7. The van der Waals surface area contributed by atoms with E-state index in [1.165, 1.54) is 42.3 Å². The van der Waals surface area contributed by atoms with E-state index < -0.39 is 34.6 Å². The van der Waals surface area contributed by atoms with Crippen LogP contribution < -0.4 is 5.32 Å². The Morgan fingerprint density at radius 2 is 1.93 bits per heavy atom. The highest BCUT2D eigenvalue weighted by Gasteiger charge is 2.35. The molecule has 2 aromatic carbocycles. The van der Waals surface area contributed by atoms with Gasteiger partial charge in [0.25, 0.3) is 0 Å².